The summed E-state index contributed by atoms with van der Waals surface area (Å²) in [5, 5.41) is 5.68. The quantitative estimate of drug-likeness (QED) is 0.0884. The van der Waals surface area contributed by atoms with E-state index in [4.69, 9.17) is 33.7 Å². The fourth-order valence-electron chi connectivity index (χ4n) is 10.1. The molecule has 5 atom stereocenters. The van der Waals surface area contributed by atoms with E-state index in [0.29, 0.717) is 19.0 Å². The number of alkyl carbamates (subject to hydrolysis) is 2. The maximum atomic E-state index is 13.8. The SMILES string of the molecule is C=C([C@@H](NC(=O)OC)C(C)C)N1CCC[C@H]1c1ncc(-c2ccc3c(c2)OC(c2cccc(OC)c2)C2=C3COc3cc(-c4cnc([C@@H]5CCCN5C(=O)[C@@H](NC(=O)OC)C(C)C)[nH]4)ccc32)[nH]1. The molecule has 0 saturated carbocycles. The van der Waals surface area contributed by atoms with Gasteiger partial charge in [-0.15, -0.1) is 0 Å². The van der Waals surface area contributed by atoms with Crippen molar-refractivity contribution in [2.75, 3.05) is 41.0 Å². The van der Waals surface area contributed by atoms with Gasteiger partial charge in [-0.05, 0) is 61.8 Å². The molecule has 2 saturated heterocycles. The van der Waals surface area contributed by atoms with Crippen LogP contribution in [0.2, 0.25) is 0 Å². The zero-order chi connectivity index (χ0) is 47.8. The van der Waals surface area contributed by atoms with Crippen molar-refractivity contribution in [3.05, 3.63) is 114 Å². The van der Waals surface area contributed by atoms with Gasteiger partial charge in [-0.1, -0.05) is 70.7 Å². The first-order valence-corrected chi connectivity index (χ1v) is 23.4. The number of hydrogen-bond acceptors (Lipinski definition) is 11. The number of likely N-dealkylation sites (tertiary alicyclic amines) is 2. The van der Waals surface area contributed by atoms with Crippen LogP contribution in [0.15, 0.2) is 85.3 Å². The van der Waals surface area contributed by atoms with Crippen molar-refractivity contribution in [1.82, 2.24) is 40.4 Å². The summed E-state index contributed by atoms with van der Waals surface area (Å²) in [4.78, 5) is 59.0. The van der Waals surface area contributed by atoms with Crippen molar-refractivity contribution >= 4 is 29.2 Å². The number of aromatic amines is 2. The standard InChI is InChI=1S/C52H60N8O8/c1-28(2)45(57-51(62)65-7)30(5)59-20-10-14-40(59)48-53-26-39(55-48)32-16-18-35-37-27-67-42-23-31(17-19-36(42)44(37)47(68-43(35)24-32)33-12-9-13-34(22-33)64-6)38-25-54-49(56-38)41-15-11-21-60(41)50(61)46(29(3)4)58-52(63)66-8/h9,12-13,16-19,22-26,28-29,40-41,45-47H,5,10-11,14-15,20-21,27H2,1-4,6-8H3,(H,53,55)(H,54,56)(H,57,62)(H,58,63)/t40-,41-,45-,46-,47?/m0/s1. The number of nitrogens with one attached hydrogen (secondary N) is 4. The van der Waals surface area contributed by atoms with Crippen LogP contribution >= 0.6 is 0 Å². The maximum absolute atomic E-state index is 13.8. The molecule has 0 radical (unpaired) electrons. The summed E-state index contributed by atoms with van der Waals surface area (Å²) in [6.07, 6.45) is 5.50. The lowest BCUT2D eigenvalue weighted by Crippen LogP contribution is -2.51. The Balaban J connectivity index is 1.00. The third-order valence-electron chi connectivity index (χ3n) is 13.7. The lowest BCUT2D eigenvalue weighted by Gasteiger charge is -2.35. The molecule has 16 nitrogen and oxygen atoms in total. The highest BCUT2D eigenvalue weighted by molar-refractivity contribution is 6.00. The molecule has 2 fully saturated rings. The predicted molar refractivity (Wildman–Crippen MR) is 257 cm³/mol. The smallest absolute Gasteiger partial charge is 0.407 e. The highest BCUT2D eigenvalue weighted by Gasteiger charge is 2.39. The minimum atomic E-state index is -0.721. The second-order valence-electron chi connectivity index (χ2n) is 18.5. The minimum absolute atomic E-state index is 0.0274. The van der Waals surface area contributed by atoms with E-state index in [0.717, 1.165) is 111 Å². The molecule has 0 aliphatic carbocycles. The van der Waals surface area contributed by atoms with Gasteiger partial charge in [0, 0.05) is 57.8 Å². The van der Waals surface area contributed by atoms with Gasteiger partial charge < -0.3 is 54.1 Å². The summed E-state index contributed by atoms with van der Waals surface area (Å²) >= 11 is 0. The van der Waals surface area contributed by atoms with Gasteiger partial charge in [-0.25, -0.2) is 19.6 Å². The number of methoxy groups -OCH3 is 3. The van der Waals surface area contributed by atoms with Crippen LogP contribution in [-0.2, 0) is 14.3 Å². The Hall–Kier alpha value is -7.23. The van der Waals surface area contributed by atoms with Crippen LogP contribution in [0.1, 0.15) is 99.9 Å². The molecule has 1 unspecified atom stereocenters. The Morgan fingerprint density at radius 2 is 1.34 bits per heavy atom. The number of carbonyl (C=O) groups is 3. The van der Waals surface area contributed by atoms with Gasteiger partial charge in [0.1, 0.15) is 41.5 Å². The fourth-order valence-corrected chi connectivity index (χ4v) is 10.1. The van der Waals surface area contributed by atoms with Crippen molar-refractivity contribution in [2.24, 2.45) is 11.8 Å². The summed E-state index contributed by atoms with van der Waals surface area (Å²) in [5.74, 6) is 3.50. The lowest BCUT2D eigenvalue weighted by atomic mass is 9.83. The summed E-state index contributed by atoms with van der Waals surface area (Å²) in [6.45, 7) is 14.0. The fraction of sp³-hybridized carbons (Fsp3) is 0.404. The molecule has 68 heavy (non-hydrogen) atoms. The van der Waals surface area contributed by atoms with Crippen molar-refractivity contribution < 1.29 is 38.1 Å². The van der Waals surface area contributed by atoms with Crippen LogP contribution in [0, 0.1) is 11.8 Å². The highest BCUT2D eigenvalue weighted by Crippen LogP contribution is 2.52. The molecule has 0 bridgehead atoms. The Morgan fingerprint density at radius 1 is 0.750 bits per heavy atom. The first-order valence-electron chi connectivity index (χ1n) is 23.4. The van der Waals surface area contributed by atoms with Crippen LogP contribution < -0.4 is 24.8 Å². The lowest BCUT2D eigenvalue weighted by molar-refractivity contribution is -0.135. The Morgan fingerprint density at radius 3 is 1.96 bits per heavy atom. The largest absolute Gasteiger partial charge is 0.497 e. The van der Waals surface area contributed by atoms with Crippen molar-refractivity contribution in [1.29, 1.82) is 0 Å². The molecule has 4 aliphatic rings. The number of imidazole rings is 2. The zero-order valence-electron chi connectivity index (χ0n) is 39.7. The van der Waals surface area contributed by atoms with Crippen molar-refractivity contribution in [3.63, 3.8) is 0 Å². The zero-order valence-corrected chi connectivity index (χ0v) is 39.7. The van der Waals surface area contributed by atoms with E-state index in [2.05, 4.69) is 82.3 Å². The molecule has 4 N–H and O–H groups in total. The molecule has 2 aromatic heterocycles. The molecule has 4 aliphatic heterocycles. The summed E-state index contributed by atoms with van der Waals surface area (Å²) in [6, 6.07) is 19.1. The molecule has 3 aromatic carbocycles. The first kappa shape index (κ1) is 45.9. The molecule has 3 amide bonds. The molecule has 6 heterocycles. The number of ether oxygens (including phenoxy) is 5. The molecular weight excluding hydrogens is 865 g/mol. The van der Waals surface area contributed by atoms with Crippen molar-refractivity contribution in [2.45, 2.75) is 83.6 Å². The van der Waals surface area contributed by atoms with E-state index < -0.39 is 24.3 Å². The van der Waals surface area contributed by atoms with Crippen LogP contribution in [0.4, 0.5) is 9.59 Å². The van der Waals surface area contributed by atoms with E-state index in [1.165, 1.54) is 14.2 Å². The molecule has 16 heteroatoms. The number of hydrogen-bond donors (Lipinski definition) is 4. The number of nitrogens with zero attached hydrogens (tertiary/aromatic N) is 4. The third kappa shape index (κ3) is 8.74. The van der Waals surface area contributed by atoms with Gasteiger partial charge in [0.15, 0.2) is 6.10 Å². The van der Waals surface area contributed by atoms with Gasteiger partial charge in [0.2, 0.25) is 5.91 Å². The molecule has 9 rings (SSSR count). The Bertz CT molecular complexity index is 2760. The summed E-state index contributed by atoms with van der Waals surface area (Å²) in [5.41, 5.74) is 9.15. The average molecular weight is 925 g/mol. The van der Waals surface area contributed by atoms with Gasteiger partial charge >= 0.3 is 12.2 Å². The van der Waals surface area contributed by atoms with Crippen LogP contribution in [-0.4, -0.2) is 101 Å². The number of aromatic nitrogens is 4. The Kier molecular flexibility index (Phi) is 12.9. The molecule has 5 aromatic rings. The minimum Gasteiger partial charge on any atom is -0.497 e. The topological polar surface area (TPSA) is 185 Å². The molecule has 356 valence electrons. The van der Waals surface area contributed by atoms with Crippen LogP contribution in [0.5, 0.6) is 17.2 Å². The second kappa shape index (κ2) is 19.2. The molecular formula is C52H60N8O8. The van der Waals surface area contributed by atoms with Crippen LogP contribution in [0.25, 0.3) is 33.7 Å². The van der Waals surface area contributed by atoms with Crippen molar-refractivity contribution in [3.8, 4) is 39.8 Å². The van der Waals surface area contributed by atoms with E-state index >= 15 is 0 Å². The average Bonchev–Trinajstić information content (AvgIpc) is 4.21. The van der Waals surface area contributed by atoms with Gasteiger partial charge in [0.05, 0.1) is 63.2 Å². The van der Waals surface area contributed by atoms with E-state index in [1.54, 1.807) is 13.3 Å². The number of fused-ring (bicyclic) bond motifs is 4. The number of carbonyl (C=O) groups excluding carboxylic acids is 3. The summed E-state index contributed by atoms with van der Waals surface area (Å²) < 4.78 is 29.1. The highest BCUT2D eigenvalue weighted by atomic mass is 16.5. The second-order valence-corrected chi connectivity index (χ2v) is 18.5. The third-order valence-corrected chi connectivity index (χ3v) is 13.7. The van der Waals surface area contributed by atoms with E-state index in [9.17, 15) is 14.4 Å². The monoisotopic (exact) mass is 924 g/mol. The van der Waals surface area contributed by atoms with Gasteiger partial charge in [0.25, 0.3) is 0 Å². The Labute approximate surface area is 396 Å². The summed E-state index contributed by atoms with van der Waals surface area (Å²) in [7, 11) is 4.32. The number of benzene rings is 3. The maximum Gasteiger partial charge on any atom is 0.407 e. The number of amides is 3. The van der Waals surface area contributed by atoms with E-state index in [-0.39, 0.29) is 35.9 Å². The normalized spacial score (nSPS) is 19.3. The number of H-pyrrole nitrogens is 2. The first-order chi connectivity index (χ1) is 32.9. The predicted octanol–water partition coefficient (Wildman–Crippen LogP) is 8.99. The van der Waals surface area contributed by atoms with E-state index in [1.807, 2.05) is 49.2 Å². The van der Waals surface area contributed by atoms with Gasteiger partial charge in [-0.2, -0.15) is 0 Å². The van der Waals surface area contributed by atoms with Crippen LogP contribution in [0.3, 0.4) is 0 Å². The molecule has 0 spiro atoms. The number of rotatable bonds is 13. The van der Waals surface area contributed by atoms with Gasteiger partial charge in [-0.3, -0.25) is 4.79 Å².